The van der Waals surface area contributed by atoms with Gasteiger partial charge in [0.15, 0.2) is 0 Å². The third-order valence-corrected chi connectivity index (χ3v) is 7.00. The highest BCUT2D eigenvalue weighted by Crippen LogP contribution is 2.28. The summed E-state index contributed by atoms with van der Waals surface area (Å²) in [6, 6.07) is 1.65. The molecule has 0 amide bonds. The van der Waals surface area contributed by atoms with Crippen LogP contribution in [-0.2, 0) is 10.0 Å². The van der Waals surface area contributed by atoms with Crippen LogP contribution in [0.25, 0.3) is 0 Å². The molecule has 1 unspecified atom stereocenters. The fourth-order valence-electron chi connectivity index (χ4n) is 2.78. The second-order valence-corrected chi connectivity index (χ2v) is 9.32. The lowest BCUT2D eigenvalue weighted by atomic mass is 10.2. The molecule has 0 aliphatic carbocycles. The highest BCUT2D eigenvalue weighted by atomic mass is 32.2. The largest absolute Gasteiger partial charge is 0.391 e. The van der Waals surface area contributed by atoms with Gasteiger partial charge in [0.05, 0.1) is 17.4 Å². The summed E-state index contributed by atoms with van der Waals surface area (Å²) in [6.45, 7) is 4.51. The molecule has 1 saturated heterocycles. The molecule has 1 atom stereocenters. The first-order chi connectivity index (χ1) is 11.0. The van der Waals surface area contributed by atoms with Gasteiger partial charge in [0.25, 0.3) is 0 Å². The van der Waals surface area contributed by atoms with E-state index in [1.54, 1.807) is 17.9 Å². The van der Waals surface area contributed by atoms with Crippen molar-refractivity contribution in [2.75, 3.05) is 32.7 Å². The Morgan fingerprint density at radius 3 is 2.29 bits per heavy atom. The van der Waals surface area contributed by atoms with Crippen LogP contribution in [0.1, 0.15) is 16.2 Å². The van der Waals surface area contributed by atoms with E-state index < -0.39 is 28.7 Å². The molecule has 1 aromatic heterocycles. The average molecular weight is 386 g/mol. The van der Waals surface area contributed by atoms with E-state index in [9.17, 15) is 26.7 Å². The summed E-state index contributed by atoms with van der Waals surface area (Å²) >= 11 is 1.42. The molecular formula is C14H21F3N2O3S2. The van der Waals surface area contributed by atoms with Crippen molar-refractivity contribution in [2.24, 2.45) is 0 Å². The molecule has 24 heavy (non-hydrogen) atoms. The van der Waals surface area contributed by atoms with Gasteiger partial charge < -0.3 is 5.11 Å². The van der Waals surface area contributed by atoms with Crippen molar-refractivity contribution < 1.29 is 26.7 Å². The summed E-state index contributed by atoms with van der Waals surface area (Å²) in [4.78, 5) is 3.61. The second kappa shape index (κ2) is 7.28. The van der Waals surface area contributed by atoms with Crippen molar-refractivity contribution in [2.45, 2.75) is 37.4 Å². The number of hydrogen-bond donors (Lipinski definition) is 1. The molecule has 2 heterocycles. The maximum absolute atomic E-state index is 12.7. The fourth-order valence-corrected chi connectivity index (χ4v) is 5.73. The maximum atomic E-state index is 12.7. The summed E-state index contributed by atoms with van der Waals surface area (Å²) in [5.74, 6) is 0. The van der Waals surface area contributed by atoms with Crippen molar-refractivity contribution >= 4 is 21.4 Å². The normalized spacial score (nSPS) is 19.6. The van der Waals surface area contributed by atoms with Crippen molar-refractivity contribution in [3.05, 3.63) is 15.8 Å². The zero-order valence-corrected chi connectivity index (χ0v) is 15.1. The van der Waals surface area contributed by atoms with Gasteiger partial charge in [-0.05, 0) is 19.9 Å². The average Bonchev–Trinajstić information content (AvgIpc) is 2.77. The predicted octanol–water partition coefficient (Wildman–Crippen LogP) is 1.98. The first-order valence-corrected chi connectivity index (χ1v) is 9.79. The van der Waals surface area contributed by atoms with Crippen LogP contribution in [0.2, 0.25) is 0 Å². The van der Waals surface area contributed by atoms with Crippen molar-refractivity contribution in [3.8, 4) is 0 Å². The van der Waals surface area contributed by atoms with Crippen molar-refractivity contribution in [3.63, 3.8) is 0 Å². The lowest BCUT2D eigenvalue weighted by molar-refractivity contribution is -0.155. The number of sulfonamides is 1. The molecule has 0 aromatic carbocycles. The van der Waals surface area contributed by atoms with Crippen LogP contribution in [0, 0.1) is 13.8 Å². The summed E-state index contributed by atoms with van der Waals surface area (Å²) in [5.41, 5.74) is 0. The molecule has 2 rings (SSSR count). The quantitative estimate of drug-likeness (QED) is 0.841. The Kier molecular flexibility index (Phi) is 5.96. The number of aryl methyl sites for hydroxylation is 2. The van der Waals surface area contributed by atoms with E-state index in [2.05, 4.69) is 0 Å². The van der Waals surface area contributed by atoms with E-state index >= 15 is 0 Å². The van der Waals surface area contributed by atoms with Gasteiger partial charge in [0.1, 0.15) is 0 Å². The van der Waals surface area contributed by atoms with Gasteiger partial charge in [-0.1, -0.05) is 0 Å². The number of rotatable bonds is 5. The number of nitrogens with zero attached hydrogens (tertiary/aromatic N) is 2. The second-order valence-electron chi connectivity index (χ2n) is 5.96. The maximum Gasteiger partial charge on any atom is 0.391 e. The van der Waals surface area contributed by atoms with E-state index in [0.29, 0.717) is 18.0 Å². The molecule has 138 valence electrons. The number of β-amino-alcohol motifs (C(OH)–C–C–N with tert-alkyl or cyclic N) is 1. The van der Waals surface area contributed by atoms with Crippen LogP contribution in [0.3, 0.4) is 0 Å². The molecule has 1 aliphatic rings. The summed E-state index contributed by atoms with van der Waals surface area (Å²) in [6.07, 6.45) is -7.15. The molecular weight excluding hydrogens is 365 g/mol. The Morgan fingerprint density at radius 1 is 1.25 bits per heavy atom. The van der Waals surface area contributed by atoms with Gasteiger partial charge in [0, 0.05) is 42.5 Å². The number of aliphatic hydroxyl groups is 1. The van der Waals surface area contributed by atoms with E-state index in [1.165, 1.54) is 15.6 Å². The molecule has 1 aliphatic heterocycles. The van der Waals surface area contributed by atoms with Gasteiger partial charge in [-0.15, -0.1) is 11.3 Å². The molecule has 1 fully saturated rings. The third-order valence-electron chi connectivity index (χ3n) is 3.88. The van der Waals surface area contributed by atoms with Crippen LogP contribution in [0.4, 0.5) is 13.2 Å². The molecule has 1 N–H and O–H groups in total. The molecule has 1 aromatic rings. The predicted molar refractivity (Wildman–Crippen MR) is 85.7 cm³/mol. The Labute approximate surface area is 143 Å². The van der Waals surface area contributed by atoms with Gasteiger partial charge in [0.2, 0.25) is 10.0 Å². The lowest BCUT2D eigenvalue weighted by Crippen LogP contribution is -2.50. The molecule has 10 heteroatoms. The minimum Gasteiger partial charge on any atom is -0.391 e. The number of piperazine rings is 1. The van der Waals surface area contributed by atoms with Crippen molar-refractivity contribution in [1.82, 2.24) is 9.21 Å². The number of hydrogen-bond acceptors (Lipinski definition) is 5. The van der Waals surface area contributed by atoms with E-state index in [-0.39, 0.29) is 19.6 Å². The highest BCUT2D eigenvalue weighted by Gasteiger charge is 2.34. The topological polar surface area (TPSA) is 60.9 Å². The lowest BCUT2D eigenvalue weighted by Gasteiger charge is -2.35. The minimum absolute atomic E-state index is 0.107. The molecule has 5 nitrogen and oxygen atoms in total. The fraction of sp³-hybridized carbons (Fsp3) is 0.714. The van der Waals surface area contributed by atoms with Crippen LogP contribution in [-0.4, -0.2) is 67.7 Å². The third kappa shape index (κ3) is 4.92. The molecule has 0 saturated carbocycles. The summed E-state index contributed by atoms with van der Waals surface area (Å²) in [5, 5.41) is 9.49. The number of alkyl halides is 3. The zero-order chi connectivity index (χ0) is 18.1. The Bertz CT molecular complexity index is 665. The van der Waals surface area contributed by atoms with Crippen LogP contribution < -0.4 is 0 Å². The van der Waals surface area contributed by atoms with Gasteiger partial charge in [-0.2, -0.15) is 17.5 Å². The summed E-state index contributed by atoms with van der Waals surface area (Å²) < 4.78 is 63.4. The first-order valence-electron chi connectivity index (χ1n) is 7.53. The van der Waals surface area contributed by atoms with E-state index in [4.69, 9.17) is 0 Å². The monoisotopic (exact) mass is 386 g/mol. The SMILES string of the molecule is Cc1cc(S(=O)(=O)N2CCN(CC(O)CC(F)(F)F)CC2)c(C)s1. The summed E-state index contributed by atoms with van der Waals surface area (Å²) in [7, 11) is -3.58. The standard InChI is InChI=1S/C14H21F3N2O3S2/c1-10-7-13(11(2)23-10)24(21,22)19-5-3-18(4-6-19)9-12(20)8-14(15,16)17/h7,12,20H,3-6,8-9H2,1-2H3. The number of halogens is 3. The van der Waals surface area contributed by atoms with Crippen molar-refractivity contribution in [1.29, 1.82) is 0 Å². The molecule has 0 radical (unpaired) electrons. The van der Waals surface area contributed by atoms with Gasteiger partial charge >= 0.3 is 6.18 Å². The van der Waals surface area contributed by atoms with E-state index in [1.807, 2.05) is 6.92 Å². The zero-order valence-electron chi connectivity index (χ0n) is 13.5. The van der Waals surface area contributed by atoms with Crippen LogP contribution in [0.5, 0.6) is 0 Å². The Balaban J connectivity index is 1.94. The Hall–Kier alpha value is -0.680. The smallest absolute Gasteiger partial charge is 0.391 e. The molecule has 0 bridgehead atoms. The van der Waals surface area contributed by atoms with Crippen LogP contribution >= 0.6 is 11.3 Å². The first kappa shape index (κ1) is 19.6. The van der Waals surface area contributed by atoms with E-state index in [0.717, 1.165) is 9.75 Å². The highest BCUT2D eigenvalue weighted by molar-refractivity contribution is 7.89. The number of thiophene rings is 1. The molecule has 0 spiro atoms. The number of aliphatic hydroxyl groups excluding tert-OH is 1. The van der Waals surface area contributed by atoms with Gasteiger partial charge in [-0.25, -0.2) is 8.42 Å². The van der Waals surface area contributed by atoms with Crippen LogP contribution in [0.15, 0.2) is 11.0 Å². The van der Waals surface area contributed by atoms with Gasteiger partial charge in [-0.3, -0.25) is 4.90 Å². The Morgan fingerprint density at radius 2 is 1.83 bits per heavy atom. The minimum atomic E-state index is -4.40.